The fraction of sp³-hybridized carbons (Fsp3) is 0.500. The number of fused-ring (bicyclic) bond motifs is 1. The van der Waals surface area contributed by atoms with Crippen LogP contribution in [-0.4, -0.2) is 35.2 Å². The molecule has 0 fully saturated rings. The number of nitrogens with one attached hydrogen (secondary N) is 2. The fourth-order valence-corrected chi connectivity index (χ4v) is 3.72. The summed E-state index contributed by atoms with van der Waals surface area (Å²) < 4.78 is 5.04. The zero-order valence-electron chi connectivity index (χ0n) is 13.7. The van der Waals surface area contributed by atoms with Crippen molar-refractivity contribution in [3.63, 3.8) is 0 Å². The molecular formula is C16H22N4O2S. The minimum atomic E-state index is -0.223. The molecule has 2 aromatic rings. The van der Waals surface area contributed by atoms with Crippen LogP contribution in [0.1, 0.15) is 28.8 Å². The number of carbonyl (C=O) groups excluding carboxylic acids is 1. The number of hydrogen-bond donors (Lipinski definition) is 2. The van der Waals surface area contributed by atoms with Crippen LogP contribution >= 0.6 is 11.3 Å². The van der Waals surface area contributed by atoms with E-state index in [2.05, 4.69) is 39.1 Å². The molecular weight excluding hydrogens is 312 g/mol. The highest BCUT2D eigenvalue weighted by atomic mass is 32.1. The van der Waals surface area contributed by atoms with Gasteiger partial charge in [-0.1, -0.05) is 5.16 Å². The molecule has 3 heterocycles. The van der Waals surface area contributed by atoms with Crippen LogP contribution in [0.4, 0.5) is 10.5 Å². The molecule has 1 aliphatic rings. The first-order valence-electron chi connectivity index (χ1n) is 7.81. The molecule has 3 rings (SSSR count). The van der Waals surface area contributed by atoms with Gasteiger partial charge in [0.2, 0.25) is 0 Å². The van der Waals surface area contributed by atoms with Crippen LogP contribution in [0.5, 0.6) is 0 Å². The van der Waals surface area contributed by atoms with Crippen molar-refractivity contribution in [1.29, 1.82) is 0 Å². The maximum absolute atomic E-state index is 12.1. The first kappa shape index (κ1) is 16.0. The summed E-state index contributed by atoms with van der Waals surface area (Å²) >= 11 is 1.84. The van der Waals surface area contributed by atoms with E-state index in [4.69, 9.17) is 4.52 Å². The molecule has 2 amide bonds. The maximum atomic E-state index is 12.1. The molecule has 1 aliphatic heterocycles. The predicted molar refractivity (Wildman–Crippen MR) is 90.9 cm³/mol. The standard InChI is InChI=1S/C16H22N4O2S/c1-10(20-6-4-14-13(9-20)5-7-23-14)8-17-16(21)18-15-11(2)19-22-12(15)3/h5,7,10H,4,6,8-9H2,1-3H3,(H2,17,18,21). The summed E-state index contributed by atoms with van der Waals surface area (Å²) in [6.07, 6.45) is 1.10. The molecule has 0 saturated carbocycles. The van der Waals surface area contributed by atoms with Gasteiger partial charge in [-0.05, 0) is 44.2 Å². The second kappa shape index (κ2) is 6.72. The lowest BCUT2D eigenvalue weighted by atomic mass is 10.1. The molecule has 6 nitrogen and oxygen atoms in total. The number of aromatic nitrogens is 1. The summed E-state index contributed by atoms with van der Waals surface area (Å²) in [7, 11) is 0. The van der Waals surface area contributed by atoms with Gasteiger partial charge in [-0.25, -0.2) is 4.79 Å². The average molecular weight is 334 g/mol. The van der Waals surface area contributed by atoms with Gasteiger partial charge in [0, 0.05) is 30.6 Å². The number of aryl methyl sites for hydroxylation is 2. The van der Waals surface area contributed by atoms with Gasteiger partial charge in [-0.3, -0.25) is 4.90 Å². The summed E-state index contributed by atoms with van der Waals surface area (Å²) in [5.41, 5.74) is 2.76. The van der Waals surface area contributed by atoms with Crippen molar-refractivity contribution < 1.29 is 9.32 Å². The summed E-state index contributed by atoms with van der Waals surface area (Å²) in [6, 6.07) is 2.27. The molecule has 1 unspecified atom stereocenters. The van der Waals surface area contributed by atoms with E-state index >= 15 is 0 Å². The molecule has 7 heteroatoms. The summed E-state index contributed by atoms with van der Waals surface area (Å²) in [5.74, 6) is 0.617. The van der Waals surface area contributed by atoms with E-state index < -0.39 is 0 Å². The van der Waals surface area contributed by atoms with E-state index in [9.17, 15) is 4.79 Å². The highest BCUT2D eigenvalue weighted by Crippen LogP contribution is 2.25. The molecule has 0 spiro atoms. The average Bonchev–Trinajstić information content (AvgIpc) is 3.13. The number of anilines is 1. The first-order valence-corrected chi connectivity index (χ1v) is 8.69. The van der Waals surface area contributed by atoms with Gasteiger partial charge in [-0.15, -0.1) is 11.3 Å². The summed E-state index contributed by atoms with van der Waals surface area (Å²) in [5, 5.41) is 11.7. The third kappa shape index (κ3) is 3.56. The van der Waals surface area contributed by atoms with Gasteiger partial charge in [0.25, 0.3) is 0 Å². The van der Waals surface area contributed by atoms with Crippen molar-refractivity contribution in [1.82, 2.24) is 15.4 Å². The number of nitrogens with zero attached hydrogens (tertiary/aromatic N) is 2. The SMILES string of the molecule is Cc1noc(C)c1NC(=O)NCC(C)N1CCc2sccc2C1. The second-order valence-corrected chi connectivity index (χ2v) is 6.97. The molecule has 23 heavy (non-hydrogen) atoms. The lowest BCUT2D eigenvalue weighted by molar-refractivity contribution is 0.188. The third-order valence-electron chi connectivity index (χ3n) is 4.29. The molecule has 0 saturated heterocycles. The molecule has 0 bridgehead atoms. The van der Waals surface area contributed by atoms with Crippen molar-refractivity contribution in [2.24, 2.45) is 0 Å². The highest BCUT2D eigenvalue weighted by Gasteiger charge is 2.22. The Morgan fingerprint density at radius 3 is 3.09 bits per heavy atom. The Bertz CT molecular complexity index is 675. The quantitative estimate of drug-likeness (QED) is 0.902. The van der Waals surface area contributed by atoms with Crippen LogP contribution in [0.15, 0.2) is 16.0 Å². The highest BCUT2D eigenvalue weighted by molar-refractivity contribution is 7.10. The van der Waals surface area contributed by atoms with Crippen molar-refractivity contribution in [3.05, 3.63) is 33.3 Å². The van der Waals surface area contributed by atoms with Crippen LogP contribution in [-0.2, 0) is 13.0 Å². The first-order chi connectivity index (χ1) is 11.0. The van der Waals surface area contributed by atoms with Gasteiger partial charge in [0.15, 0.2) is 5.76 Å². The van der Waals surface area contributed by atoms with Crippen LogP contribution in [0.3, 0.4) is 0 Å². The van der Waals surface area contributed by atoms with Crippen LogP contribution in [0, 0.1) is 13.8 Å². The van der Waals surface area contributed by atoms with E-state index in [1.807, 2.05) is 11.3 Å². The molecule has 2 aromatic heterocycles. The molecule has 124 valence electrons. The van der Waals surface area contributed by atoms with E-state index in [1.165, 1.54) is 10.4 Å². The Morgan fingerprint density at radius 2 is 2.35 bits per heavy atom. The topological polar surface area (TPSA) is 70.4 Å². The number of thiophene rings is 1. The van der Waals surface area contributed by atoms with Crippen LogP contribution < -0.4 is 10.6 Å². The van der Waals surface area contributed by atoms with Gasteiger partial charge in [0.1, 0.15) is 11.4 Å². The van der Waals surface area contributed by atoms with Crippen molar-refractivity contribution in [2.75, 3.05) is 18.4 Å². The Kier molecular flexibility index (Phi) is 4.68. The van der Waals surface area contributed by atoms with Gasteiger partial charge in [0.05, 0.1) is 0 Å². The Labute approximate surface area is 139 Å². The lowest BCUT2D eigenvalue weighted by Gasteiger charge is -2.32. The van der Waals surface area contributed by atoms with Crippen LogP contribution in [0.2, 0.25) is 0 Å². The van der Waals surface area contributed by atoms with Gasteiger partial charge >= 0.3 is 6.03 Å². The number of hydrogen-bond acceptors (Lipinski definition) is 5. The van der Waals surface area contributed by atoms with Crippen molar-refractivity contribution in [2.45, 2.75) is 39.8 Å². The minimum Gasteiger partial charge on any atom is -0.359 e. The number of rotatable bonds is 4. The Balaban J connectivity index is 1.49. The Morgan fingerprint density at radius 1 is 1.52 bits per heavy atom. The van der Waals surface area contributed by atoms with E-state index in [-0.39, 0.29) is 6.03 Å². The Hall–Kier alpha value is -1.86. The third-order valence-corrected chi connectivity index (χ3v) is 5.31. The zero-order valence-corrected chi connectivity index (χ0v) is 14.5. The van der Waals surface area contributed by atoms with E-state index in [1.54, 1.807) is 13.8 Å². The normalized spacial score (nSPS) is 16.0. The number of amides is 2. The van der Waals surface area contributed by atoms with Gasteiger partial charge < -0.3 is 15.2 Å². The van der Waals surface area contributed by atoms with E-state index in [0.717, 1.165) is 19.5 Å². The largest absolute Gasteiger partial charge is 0.359 e. The molecule has 0 radical (unpaired) electrons. The van der Waals surface area contributed by atoms with Gasteiger partial charge in [-0.2, -0.15) is 0 Å². The summed E-state index contributed by atoms with van der Waals surface area (Å²) in [6.45, 7) is 8.35. The lowest BCUT2D eigenvalue weighted by Crippen LogP contribution is -2.45. The molecule has 0 aliphatic carbocycles. The minimum absolute atomic E-state index is 0.223. The smallest absolute Gasteiger partial charge is 0.319 e. The van der Waals surface area contributed by atoms with Crippen molar-refractivity contribution >= 4 is 23.1 Å². The zero-order chi connectivity index (χ0) is 16.4. The molecule has 1 atom stereocenters. The van der Waals surface area contributed by atoms with E-state index in [0.29, 0.717) is 29.7 Å². The monoisotopic (exact) mass is 334 g/mol. The summed E-state index contributed by atoms with van der Waals surface area (Å²) in [4.78, 5) is 16.0. The fourth-order valence-electron chi connectivity index (χ4n) is 2.84. The molecule has 0 aromatic carbocycles. The number of urea groups is 1. The number of carbonyl (C=O) groups is 1. The second-order valence-electron chi connectivity index (χ2n) is 5.97. The predicted octanol–water partition coefficient (Wildman–Crippen LogP) is 2.92. The van der Waals surface area contributed by atoms with Crippen LogP contribution in [0.25, 0.3) is 0 Å². The van der Waals surface area contributed by atoms with Crippen molar-refractivity contribution in [3.8, 4) is 0 Å². The molecule has 2 N–H and O–H groups in total. The maximum Gasteiger partial charge on any atom is 0.319 e.